The minimum absolute atomic E-state index is 0.0633. The van der Waals surface area contributed by atoms with Gasteiger partial charge in [0.05, 0.1) is 17.1 Å². The first-order valence-corrected chi connectivity index (χ1v) is 8.78. The predicted molar refractivity (Wildman–Crippen MR) is 104 cm³/mol. The molecule has 0 heterocycles. The molecule has 0 saturated carbocycles. The van der Waals surface area contributed by atoms with Crippen molar-refractivity contribution in [2.24, 2.45) is 5.73 Å². The lowest BCUT2D eigenvalue weighted by molar-refractivity contribution is -0.384. The van der Waals surface area contributed by atoms with Gasteiger partial charge in [0.25, 0.3) is 11.6 Å². The maximum atomic E-state index is 12.6. The summed E-state index contributed by atoms with van der Waals surface area (Å²) in [5.41, 5.74) is 4.79. The molecule has 0 radical (unpaired) electrons. The summed E-state index contributed by atoms with van der Waals surface area (Å²) in [6.07, 6.45) is 1.05. The maximum Gasteiger partial charge on any atom is 0.404 e. The van der Waals surface area contributed by atoms with Gasteiger partial charge in [0.15, 0.2) is 5.78 Å². The van der Waals surface area contributed by atoms with E-state index in [1.807, 2.05) is 6.92 Å². The van der Waals surface area contributed by atoms with Crippen molar-refractivity contribution < 1.29 is 24.0 Å². The lowest BCUT2D eigenvalue weighted by Gasteiger charge is -2.20. The Morgan fingerprint density at radius 3 is 2.43 bits per heavy atom. The van der Waals surface area contributed by atoms with Gasteiger partial charge in [-0.2, -0.15) is 0 Å². The Bertz CT molecular complexity index is 763. The molecule has 1 aromatic rings. The smallest absolute Gasteiger partial charge is 0.404 e. The summed E-state index contributed by atoms with van der Waals surface area (Å²) in [5.74, 6) is -0.819. The average Bonchev–Trinajstić information content (AvgIpc) is 2.59. The van der Waals surface area contributed by atoms with E-state index in [2.05, 4.69) is 10.1 Å². The minimum Gasteiger partial charge on any atom is -0.450 e. The van der Waals surface area contributed by atoms with E-state index in [-0.39, 0.29) is 40.9 Å². The summed E-state index contributed by atoms with van der Waals surface area (Å²) in [6, 6.07) is 2.34. The third kappa shape index (κ3) is 6.53. The van der Waals surface area contributed by atoms with Crippen LogP contribution in [0.5, 0.6) is 0 Å². The summed E-state index contributed by atoms with van der Waals surface area (Å²) in [6.45, 7) is 3.30. The van der Waals surface area contributed by atoms with Crippen molar-refractivity contribution >= 4 is 29.2 Å². The molecule has 0 spiro atoms. The Balaban J connectivity index is 3.10. The molecule has 0 aromatic heterocycles. The van der Waals surface area contributed by atoms with Gasteiger partial charge in [-0.05, 0) is 39.2 Å². The number of hydrogen-bond donors (Lipinski definition) is 2. The van der Waals surface area contributed by atoms with E-state index in [0.717, 1.165) is 0 Å². The van der Waals surface area contributed by atoms with Gasteiger partial charge in [0.1, 0.15) is 5.69 Å². The number of unbranched alkanes of at least 4 members (excludes halogenated alkanes) is 1. The SMILES string of the molecule is CC(=O)c1cc(C(=O)N(C)C)c(N[C@H](C)CCCCOC(N)=O)c([N+](=O)[O-])c1. The first-order chi connectivity index (χ1) is 13.0. The van der Waals surface area contributed by atoms with Crippen LogP contribution >= 0.6 is 0 Å². The summed E-state index contributed by atoms with van der Waals surface area (Å²) in [4.78, 5) is 47.1. The number of carbonyl (C=O) groups is 3. The second kappa shape index (κ2) is 10.2. The van der Waals surface area contributed by atoms with Gasteiger partial charge in [-0.15, -0.1) is 0 Å². The number of nitro benzene ring substituents is 1. The van der Waals surface area contributed by atoms with Crippen molar-refractivity contribution in [3.8, 4) is 0 Å². The molecule has 1 atom stereocenters. The molecule has 0 fully saturated rings. The van der Waals surface area contributed by atoms with Crippen LogP contribution in [0.15, 0.2) is 12.1 Å². The van der Waals surface area contributed by atoms with Crippen LogP contribution in [0.25, 0.3) is 0 Å². The normalized spacial score (nSPS) is 11.4. The summed E-state index contributed by atoms with van der Waals surface area (Å²) < 4.78 is 4.65. The van der Waals surface area contributed by atoms with Crippen molar-refractivity contribution in [2.75, 3.05) is 26.0 Å². The second-order valence-electron chi connectivity index (χ2n) is 6.64. The number of ether oxygens (including phenoxy) is 1. The number of Topliss-reactive ketones (excluding diaryl/α,β-unsaturated/α-hetero) is 1. The zero-order chi connectivity index (χ0) is 21.4. The van der Waals surface area contributed by atoms with Crippen LogP contribution < -0.4 is 11.1 Å². The molecule has 2 amide bonds. The number of primary amides is 1. The monoisotopic (exact) mass is 394 g/mol. The number of anilines is 1. The lowest BCUT2D eigenvalue weighted by Crippen LogP contribution is -2.26. The number of hydrogen-bond acceptors (Lipinski definition) is 7. The van der Waals surface area contributed by atoms with Crippen molar-refractivity contribution in [1.29, 1.82) is 0 Å². The third-order valence-corrected chi connectivity index (χ3v) is 4.02. The van der Waals surface area contributed by atoms with Crippen LogP contribution in [0.4, 0.5) is 16.2 Å². The number of nitrogens with one attached hydrogen (secondary N) is 1. The van der Waals surface area contributed by atoms with E-state index in [9.17, 15) is 24.5 Å². The predicted octanol–water partition coefficient (Wildman–Crippen LogP) is 2.57. The van der Waals surface area contributed by atoms with Crippen LogP contribution in [0.3, 0.4) is 0 Å². The summed E-state index contributed by atoms with van der Waals surface area (Å²) in [7, 11) is 3.06. The Labute approximate surface area is 163 Å². The minimum atomic E-state index is -0.834. The molecule has 10 nitrogen and oxygen atoms in total. The molecule has 154 valence electrons. The highest BCUT2D eigenvalue weighted by atomic mass is 16.6. The van der Waals surface area contributed by atoms with Gasteiger partial charge in [-0.1, -0.05) is 0 Å². The molecular formula is C18H26N4O6. The van der Waals surface area contributed by atoms with Gasteiger partial charge in [-0.25, -0.2) is 4.79 Å². The first kappa shape index (κ1) is 22.9. The quantitative estimate of drug-likeness (QED) is 0.268. The summed E-state index contributed by atoms with van der Waals surface area (Å²) in [5, 5.41) is 14.6. The first-order valence-electron chi connectivity index (χ1n) is 8.78. The Morgan fingerprint density at radius 2 is 1.93 bits per heavy atom. The number of nitrogens with zero attached hydrogens (tertiary/aromatic N) is 2. The standard InChI is InChI=1S/C18H26N4O6/c1-11(7-5-6-8-28-18(19)25)20-16-14(17(24)21(3)4)9-13(12(2)23)10-15(16)22(26)27/h9-11,20H,5-8H2,1-4H3,(H2,19,25)/t11-/m1/s1. The Kier molecular flexibility index (Phi) is 8.36. The maximum absolute atomic E-state index is 12.6. The number of nitro groups is 1. The van der Waals surface area contributed by atoms with E-state index in [1.54, 1.807) is 0 Å². The molecule has 0 unspecified atom stereocenters. The molecule has 3 N–H and O–H groups in total. The molecule has 0 aliphatic heterocycles. The molecule has 0 saturated heterocycles. The topological polar surface area (TPSA) is 145 Å². The Morgan fingerprint density at radius 1 is 1.29 bits per heavy atom. The molecule has 1 rings (SSSR count). The molecule has 0 aliphatic rings. The molecule has 10 heteroatoms. The number of amides is 2. The van der Waals surface area contributed by atoms with Crippen molar-refractivity contribution in [3.63, 3.8) is 0 Å². The van der Waals surface area contributed by atoms with Crippen LogP contribution in [0.1, 0.15) is 53.8 Å². The number of ketones is 1. The molecular weight excluding hydrogens is 368 g/mol. The summed E-state index contributed by atoms with van der Waals surface area (Å²) >= 11 is 0. The van der Waals surface area contributed by atoms with Gasteiger partial charge >= 0.3 is 6.09 Å². The number of benzene rings is 1. The van der Waals surface area contributed by atoms with Crippen molar-refractivity contribution in [2.45, 2.75) is 39.2 Å². The fourth-order valence-electron chi connectivity index (χ4n) is 2.58. The largest absolute Gasteiger partial charge is 0.450 e. The number of nitrogens with two attached hydrogens (primary N) is 1. The Hall–Kier alpha value is -3.17. The zero-order valence-electron chi connectivity index (χ0n) is 16.5. The van der Waals surface area contributed by atoms with Gasteiger partial charge in [0.2, 0.25) is 0 Å². The molecule has 28 heavy (non-hydrogen) atoms. The lowest BCUT2D eigenvalue weighted by atomic mass is 10.0. The van der Waals surface area contributed by atoms with E-state index in [1.165, 1.54) is 38.1 Å². The fraction of sp³-hybridized carbons (Fsp3) is 0.500. The number of rotatable bonds is 10. The fourth-order valence-corrected chi connectivity index (χ4v) is 2.58. The second-order valence-corrected chi connectivity index (χ2v) is 6.64. The zero-order valence-corrected chi connectivity index (χ0v) is 16.5. The van der Waals surface area contributed by atoms with Gasteiger partial charge in [0, 0.05) is 31.8 Å². The van der Waals surface area contributed by atoms with E-state index in [0.29, 0.717) is 19.3 Å². The van der Waals surface area contributed by atoms with Crippen LogP contribution in [0.2, 0.25) is 0 Å². The van der Waals surface area contributed by atoms with E-state index in [4.69, 9.17) is 5.73 Å². The molecule has 0 bridgehead atoms. The van der Waals surface area contributed by atoms with E-state index < -0.39 is 16.9 Å². The van der Waals surface area contributed by atoms with Crippen molar-refractivity contribution in [3.05, 3.63) is 33.4 Å². The average molecular weight is 394 g/mol. The highest BCUT2D eigenvalue weighted by Crippen LogP contribution is 2.32. The van der Waals surface area contributed by atoms with Crippen LogP contribution in [-0.2, 0) is 4.74 Å². The van der Waals surface area contributed by atoms with Crippen molar-refractivity contribution in [1.82, 2.24) is 4.90 Å². The van der Waals surface area contributed by atoms with E-state index >= 15 is 0 Å². The van der Waals surface area contributed by atoms with Gasteiger partial charge < -0.3 is 20.7 Å². The third-order valence-electron chi connectivity index (χ3n) is 4.02. The van der Waals surface area contributed by atoms with Crippen LogP contribution in [-0.4, -0.2) is 54.4 Å². The molecule has 1 aromatic carbocycles. The van der Waals surface area contributed by atoms with Gasteiger partial charge in [-0.3, -0.25) is 19.7 Å². The highest BCUT2D eigenvalue weighted by molar-refractivity contribution is 6.05. The number of carbonyl (C=O) groups excluding carboxylic acids is 3. The van der Waals surface area contributed by atoms with Crippen LogP contribution in [0, 0.1) is 10.1 Å². The molecule has 0 aliphatic carbocycles. The highest BCUT2D eigenvalue weighted by Gasteiger charge is 2.26.